The van der Waals surface area contributed by atoms with E-state index in [1.54, 1.807) is 0 Å². The molecule has 1 fully saturated rings. The van der Waals surface area contributed by atoms with E-state index in [2.05, 4.69) is 52.9 Å². The SMILES string of the molecule is CC1CN(c2ccccn2)CC(C)N1CCCc1ccc2c(c1)OCO2.Cl. The second-order valence-electron chi connectivity index (χ2n) is 7.32. The molecular formula is C21H28ClN3O2. The smallest absolute Gasteiger partial charge is 0.231 e. The first-order chi connectivity index (χ1) is 12.7. The number of fused-ring (bicyclic) bond motifs is 1. The highest BCUT2D eigenvalue weighted by Crippen LogP contribution is 2.32. The quantitative estimate of drug-likeness (QED) is 0.778. The minimum atomic E-state index is 0. The number of nitrogens with zero attached hydrogens (tertiary/aromatic N) is 3. The summed E-state index contributed by atoms with van der Waals surface area (Å²) in [7, 11) is 0. The molecule has 0 N–H and O–H groups in total. The zero-order chi connectivity index (χ0) is 17.9. The number of aryl methyl sites for hydroxylation is 1. The third kappa shape index (κ3) is 4.47. The molecule has 3 heterocycles. The Morgan fingerprint density at radius 3 is 2.56 bits per heavy atom. The number of ether oxygens (including phenoxy) is 2. The van der Waals surface area contributed by atoms with Gasteiger partial charge in [0, 0.05) is 31.4 Å². The number of piperazine rings is 1. The van der Waals surface area contributed by atoms with Gasteiger partial charge in [0.1, 0.15) is 5.82 Å². The van der Waals surface area contributed by atoms with Crippen LogP contribution in [0.1, 0.15) is 25.8 Å². The Bertz CT molecular complexity index is 731. The van der Waals surface area contributed by atoms with Crippen LogP contribution in [-0.2, 0) is 6.42 Å². The predicted octanol–water partition coefficient (Wildman–Crippen LogP) is 3.76. The van der Waals surface area contributed by atoms with Gasteiger partial charge >= 0.3 is 0 Å². The van der Waals surface area contributed by atoms with E-state index in [4.69, 9.17) is 9.47 Å². The molecule has 2 aliphatic heterocycles. The number of aromatic nitrogens is 1. The summed E-state index contributed by atoms with van der Waals surface area (Å²) in [6.45, 7) is 8.18. The van der Waals surface area contributed by atoms with Gasteiger partial charge in [-0.15, -0.1) is 12.4 Å². The minimum absolute atomic E-state index is 0. The van der Waals surface area contributed by atoms with Crippen LogP contribution in [0.3, 0.4) is 0 Å². The van der Waals surface area contributed by atoms with E-state index in [9.17, 15) is 0 Å². The summed E-state index contributed by atoms with van der Waals surface area (Å²) < 4.78 is 10.9. The van der Waals surface area contributed by atoms with Gasteiger partial charge in [0.25, 0.3) is 0 Å². The molecule has 6 heteroatoms. The summed E-state index contributed by atoms with van der Waals surface area (Å²) in [5.74, 6) is 2.83. The Labute approximate surface area is 167 Å². The number of anilines is 1. The fraction of sp³-hybridized carbons (Fsp3) is 0.476. The lowest BCUT2D eigenvalue weighted by atomic mass is 10.0. The zero-order valence-electron chi connectivity index (χ0n) is 16.0. The lowest BCUT2D eigenvalue weighted by molar-refractivity contribution is 0.130. The van der Waals surface area contributed by atoms with Crippen molar-refractivity contribution in [1.29, 1.82) is 0 Å². The molecule has 1 aromatic carbocycles. The van der Waals surface area contributed by atoms with E-state index in [0.29, 0.717) is 18.9 Å². The highest BCUT2D eigenvalue weighted by Gasteiger charge is 2.29. The maximum absolute atomic E-state index is 5.48. The molecule has 1 aromatic heterocycles. The van der Waals surface area contributed by atoms with Gasteiger partial charge in [-0.1, -0.05) is 12.1 Å². The monoisotopic (exact) mass is 389 g/mol. The molecule has 1 saturated heterocycles. The Morgan fingerprint density at radius 2 is 1.81 bits per heavy atom. The highest BCUT2D eigenvalue weighted by atomic mass is 35.5. The molecule has 4 rings (SSSR count). The molecule has 0 amide bonds. The summed E-state index contributed by atoms with van der Waals surface area (Å²) in [5, 5.41) is 0. The average Bonchev–Trinajstić information content (AvgIpc) is 3.12. The molecule has 27 heavy (non-hydrogen) atoms. The van der Waals surface area contributed by atoms with Crippen LogP contribution in [0.25, 0.3) is 0 Å². The fourth-order valence-corrected chi connectivity index (χ4v) is 4.09. The van der Waals surface area contributed by atoms with Gasteiger partial charge in [-0.2, -0.15) is 0 Å². The lowest BCUT2D eigenvalue weighted by Crippen LogP contribution is -2.57. The van der Waals surface area contributed by atoms with Crippen LogP contribution in [0.5, 0.6) is 11.5 Å². The van der Waals surface area contributed by atoms with Crippen molar-refractivity contribution in [2.24, 2.45) is 0 Å². The van der Waals surface area contributed by atoms with Crippen molar-refractivity contribution in [3.63, 3.8) is 0 Å². The highest BCUT2D eigenvalue weighted by molar-refractivity contribution is 5.85. The maximum Gasteiger partial charge on any atom is 0.231 e. The molecule has 0 aliphatic carbocycles. The van der Waals surface area contributed by atoms with E-state index >= 15 is 0 Å². The number of hydrogen-bond acceptors (Lipinski definition) is 5. The second-order valence-corrected chi connectivity index (χ2v) is 7.32. The van der Waals surface area contributed by atoms with E-state index in [0.717, 1.165) is 49.8 Å². The summed E-state index contributed by atoms with van der Waals surface area (Å²) in [5.41, 5.74) is 1.32. The predicted molar refractivity (Wildman–Crippen MR) is 110 cm³/mol. The van der Waals surface area contributed by atoms with Gasteiger partial charge in [-0.3, -0.25) is 4.90 Å². The van der Waals surface area contributed by atoms with E-state index < -0.39 is 0 Å². The largest absolute Gasteiger partial charge is 0.454 e. The van der Waals surface area contributed by atoms with Crippen LogP contribution in [0.15, 0.2) is 42.6 Å². The molecule has 2 aromatic rings. The first kappa shape index (κ1) is 19.8. The van der Waals surface area contributed by atoms with Crippen molar-refractivity contribution >= 4 is 18.2 Å². The number of rotatable bonds is 5. The average molecular weight is 390 g/mol. The molecule has 0 spiro atoms. The molecule has 146 valence electrons. The summed E-state index contributed by atoms with van der Waals surface area (Å²) in [6, 6.07) is 13.5. The van der Waals surface area contributed by atoms with Crippen molar-refractivity contribution in [3.05, 3.63) is 48.2 Å². The molecule has 2 aliphatic rings. The molecular weight excluding hydrogens is 362 g/mol. The second kappa shape index (κ2) is 8.81. The van der Waals surface area contributed by atoms with Gasteiger partial charge in [0.15, 0.2) is 11.5 Å². The van der Waals surface area contributed by atoms with Crippen LogP contribution in [0.2, 0.25) is 0 Å². The van der Waals surface area contributed by atoms with Gasteiger partial charge in [0.05, 0.1) is 0 Å². The van der Waals surface area contributed by atoms with Gasteiger partial charge in [0.2, 0.25) is 6.79 Å². The number of hydrogen-bond donors (Lipinski definition) is 0. The number of pyridine rings is 1. The molecule has 2 unspecified atom stereocenters. The maximum atomic E-state index is 5.48. The molecule has 0 radical (unpaired) electrons. The normalized spacial score (nSPS) is 21.8. The third-order valence-corrected chi connectivity index (χ3v) is 5.39. The summed E-state index contributed by atoms with van der Waals surface area (Å²) in [6.07, 6.45) is 4.09. The van der Waals surface area contributed by atoms with Crippen molar-refractivity contribution in [2.45, 2.75) is 38.8 Å². The van der Waals surface area contributed by atoms with Crippen molar-refractivity contribution in [1.82, 2.24) is 9.88 Å². The van der Waals surface area contributed by atoms with Gasteiger partial charge < -0.3 is 14.4 Å². The Hall–Kier alpha value is -1.98. The van der Waals surface area contributed by atoms with Crippen LogP contribution in [0.4, 0.5) is 5.82 Å². The molecule has 5 nitrogen and oxygen atoms in total. The Kier molecular flexibility index (Phi) is 6.45. The van der Waals surface area contributed by atoms with Crippen LogP contribution < -0.4 is 14.4 Å². The van der Waals surface area contributed by atoms with Gasteiger partial charge in [-0.25, -0.2) is 4.98 Å². The first-order valence-electron chi connectivity index (χ1n) is 9.51. The minimum Gasteiger partial charge on any atom is -0.454 e. The third-order valence-electron chi connectivity index (χ3n) is 5.39. The first-order valence-corrected chi connectivity index (χ1v) is 9.51. The molecule has 0 saturated carbocycles. The standard InChI is InChI=1S/C21H27N3O2.ClH/c1-16-13-23(21-7-3-4-10-22-21)14-17(2)24(16)11-5-6-18-8-9-19-20(12-18)26-15-25-19;/h3-4,7-10,12,16-17H,5-6,11,13-15H2,1-2H3;1H. The van der Waals surface area contributed by atoms with Crippen molar-refractivity contribution in [3.8, 4) is 11.5 Å². The fourth-order valence-electron chi connectivity index (χ4n) is 4.09. The summed E-state index contributed by atoms with van der Waals surface area (Å²) >= 11 is 0. The Balaban J connectivity index is 0.00000210. The topological polar surface area (TPSA) is 37.8 Å². The van der Waals surface area contributed by atoms with Crippen molar-refractivity contribution in [2.75, 3.05) is 31.3 Å². The van der Waals surface area contributed by atoms with Crippen LogP contribution in [0, 0.1) is 0 Å². The number of benzene rings is 1. The van der Waals surface area contributed by atoms with Crippen LogP contribution in [-0.4, -0.2) is 48.4 Å². The molecule has 2 atom stereocenters. The number of halogens is 1. The van der Waals surface area contributed by atoms with Crippen molar-refractivity contribution < 1.29 is 9.47 Å². The van der Waals surface area contributed by atoms with E-state index in [1.807, 2.05) is 18.3 Å². The van der Waals surface area contributed by atoms with E-state index in [1.165, 1.54) is 5.56 Å². The summed E-state index contributed by atoms with van der Waals surface area (Å²) in [4.78, 5) is 9.55. The lowest BCUT2D eigenvalue weighted by Gasteiger charge is -2.45. The van der Waals surface area contributed by atoms with Crippen LogP contribution >= 0.6 is 12.4 Å². The molecule has 0 bridgehead atoms. The Morgan fingerprint density at radius 1 is 1.04 bits per heavy atom. The van der Waals surface area contributed by atoms with E-state index in [-0.39, 0.29) is 12.4 Å². The van der Waals surface area contributed by atoms with Gasteiger partial charge in [-0.05, 0) is 63.1 Å². The zero-order valence-corrected chi connectivity index (χ0v) is 16.8.